The van der Waals surface area contributed by atoms with Gasteiger partial charge in [0.1, 0.15) is 5.75 Å². The lowest BCUT2D eigenvalue weighted by atomic mass is 10.3. The van der Waals surface area contributed by atoms with E-state index in [1.165, 1.54) is 7.11 Å². The van der Waals surface area contributed by atoms with Crippen molar-refractivity contribution < 1.29 is 13.2 Å². The van der Waals surface area contributed by atoms with Gasteiger partial charge in [-0.25, -0.2) is 8.42 Å². The second-order valence-corrected chi connectivity index (χ2v) is 8.94. The van der Waals surface area contributed by atoms with Gasteiger partial charge in [0.2, 0.25) is 0 Å². The number of hydrogen-bond acceptors (Lipinski definition) is 4. The van der Waals surface area contributed by atoms with Crippen molar-refractivity contribution >= 4 is 33.1 Å². The molecule has 1 aromatic carbocycles. The second-order valence-electron chi connectivity index (χ2n) is 5.67. The van der Waals surface area contributed by atoms with Crippen LogP contribution in [0.2, 0.25) is 5.02 Å². The minimum absolute atomic E-state index is 0.0533. The van der Waals surface area contributed by atoms with E-state index in [1.807, 2.05) is 0 Å². The number of sulfone groups is 1. The number of anilines is 1. The highest BCUT2D eigenvalue weighted by Crippen LogP contribution is 2.27. The Hall–Kier alpha value is -1.47. The van der Waals surface area contributed by atoms with Crippen LogP contribution in [0.5, 0.6) is 5.75 Å². The molecule has 0 radical (unpaired) electrons. The van der Waals surface area contributed by atoms with E-state index in [2.05, 4.69) is 10.3 Å². The van der Waals surface area contributed by atoms with Gasteiger partial charge >= 0.3 is 0 Å². The molecule has 22 heavy (non-hydrogen) atoms. The third kappa shape index (κ3) is 5.06. The number of methoxy groups -OCH3 is 1. The Kier molecular flexibility index (Phi) is 6.08. The van der Waals surface area contributed by atoms with Gasteiger partial charge in [-0.1, -0.05) is 11.6 Å². The number of ether oxygens (including phenoxy) is 1. The molecule has 3 N–H and O–H groups in total. The minimum atomic E-state index is -3.21. The van der Waals surface area contributed by atoms with E-state index in [1.54, 1.807) is 39.0 Å². The summed E-state index contributed by atoms with van der Waals surface area (Å²) in [7, 11) is -1.68. The zero-order chi connectivity index (χ0) is 17.0. The Bertz CT molecular complexity index is 652. The lowest BCUT2D eigenvalue weighted by molar-refractivity contribution is 0.415. The van der Waals surface area contributed by atoms with E-state index in [9.17, 15) is 8.42 Å². The third-order valence-corrected chi connectivity index (χ3v) is 5.88. The highest BCUT2D eigenvalue weighted by molar-refractivity contribution is 7.92. The highest BCUT2D eigenvalue weighted by atomic mass is 35.5. The molecule has 0 aliphatic rings. The smallest absolute Gasteiger partial charge is 0.193 e. The van der Waals surface area contributed by atoms with Gasteiger partial charge in [0, 0.05) is 5.69 Å². The number of halogens is 1. The van der Waals surface area contributed by atoms with Gasteiger partial charge in [0.15, 0.2) is 15.8 Å². The molecule has 0 aliphatic heterocycles. The first-order valence-electron chi connectivity index (χ1n) is 6.69. The second kappa shape index (κ2) is 7.19. The van der Waals surface area contributed by atoms with Gasteiger partial charge in [0.25, 0.3) is 0 Å². The SMILES string of the molecule is COc1ccc(NC(N)=NCCS(=O)(=O)C(C)(C)C)cc1Cl. The number of benzene rings is 1. The average molecular weight is 348 g/mol. The lowest BCUT2D eigenvalue weighted by Crippen LogP contribution is -2.32. The number of nitrogens with two attached hydrogens (primary N) is 1. The van der Waals surface area contributed by atoms with Crippen LogP contribution >= 0.6 is 11.6 Å². The first kappa shape index (κ1) is 18.6. The van der Waals surface area contributed by atoms with Crippen LogP contribution in [-0.4, -0.2) is 38.5 Å². The van der Waals surface area contributed by atoms with Crippen LogP contribution in [0.15, 0.2) is 23.2 Å². The van der Waals surface area contributed by atoms with Crippen molar-refractivity contribution in [1.82, 2.24) is 0 Å². The van der Waals surface area contributed by atoms with Crippen LogP contribution in [0.3, 0.4) is 0 Å². The summed E-state index contributed by atoms with van der Waals surface area (Å²) in [5, 5.41) is 3.29. The molecule has 0 aliphatic carbocycles. The quantitative estimate of drug-likeness (QED) is 0.629. The van der Waals surface area contributed by atoms with E-state index in [0.717, 1.165) is 0 Å². The molecule has 0 saturated heterocycles. The molecule has 0 unspecified atom stereocenters. The van der Waals surface area contributed by atoms with Crippen LogP contribution in [0.1, 0.15) is 20.8 Å². The van der Waals surface area contributed by atoms with Crippen LogP contribution < -0.4 is 15.8 Å². The van der Waals surface area contributed by atoms with Crippen molar-refractivity contribution in [2.45, 2.75) is 25.5 Å². The predicted octanol–water partition coefficient (Wildman–Crippen LogP) is 2.29. The fourth-order valence-electron chi connectivity index (χ4n) is 1.52. The average Bonchev–Trinajstić information content (AvgIpc) is 2.37. The summed E-state index contributed by atoms with van der Waals surface area (Å²) in [6.45, 7) is 5.08. The summed E-state index contributed by atoms with van der Waals surface area (Å²) >= 11 is 6.00. The Morgan fingerprint density at radius 2 is 2.05 bits per heavy atom. The lowest BCUT2D eigenvalue weighted by Gasteiger charge is -2.18. The van der Waals surface area contributed by atoms with Gasteiger partial charge in [-0.15, -0.1) is 0 Å². The van der Waals surface area contributed by atoms with Crippen molar-refractivity contribution in [3.05, 3.63) is 23.2 Å². The topological polar surface area (TPSA) is 93.8 Å². The summed E-state index contributed by atoms with van der Waals surface area (Å²) in [5.41, 5.74) is 6.38. The van der Waals surface area contributed by atoms with Crippen molar-refractivity contribution in [3.63, 3.8) is 0 Å². The Morgan fingerprint density at radius 1 is 1.41 bits per heavy atom. The van der Waals surface area contributed by atoms with Gasteiger partial charge in [-0.3, -0.25) is 4.99 Å². The Morgan fingerprint density at radius 3 is 2.55 bits per heavy atom. The van der Waals surface area contributed by atoms with Gasteiger partial charge in [-0.05, 0) is 39.0 Å². The molecule has 124 valence electrons. The maximum atomic E-state index is 11.9. The number of rotatable bonds is 5. The van der Waals surface area contributed by atoms with Crippen LogP contribution in [0.4, 0.5) is 5.69 Å². The molecular weight excluding hydrogens is 326 g/mol. The summed E-state index contributed by atoms with van der Waals surface area (Å²) in [6, 6.07) is 5.08. The number of guanidine groups is 1. The van der Waals surface area contributed by atoms with Crippen LogP contribution in [0, 0.1) is 0 Å². The van der Waals surface area contributed by atoms with E-state index in [4.69, 9.17) is 22.1 Å². The fourth-order valence-corrected chi connectivity index (χ4v) is 2.73. The molecule has 1 rings (SSSR count). The molecule has 1 aromatic rings. The van der Waals surface area contributed by atoms with Crippen LogP contribution in [-0.2, 0) is 9.84 Å². The number of aliphatic imine (C=N–C) groups is 1. The van der Waals surface area contributed by atoms with Gasteiger partial charge in [-0.2, -0.15) is 0 Å². The molecule has 0 fully saturated rings. The first-order chi connectivity index (χ1) is 10.1. The predicted molar refractivity (Wildman–Crippen MR) is 91.7 cm³/mol. The van der Waals surface area contributed by atoms with Crippen molar-refractivity contribution in [2.75, 3.05) is 24.7 Å². The molecular formula is C14H22ClN3O3S. The standard InChI is InChI=1S/C14H22ClN3O3S/c1-14(2,3)22(19,20)8-7-17-13(16)18-10-5-6-12(21-4)11(15)9-10/h5-6,9H,7-8H2,1-4H3,(H3,16,17,18). The summed E-state index contributed by atoms with van der Waals surface area (Å²) < 4.78 is 28.1. The molecule has 0 spiro atoms. The molecule has 0 aromatic heterocycles. The molecule has 8 heteroatoms. The zero-order valence-corrected chi connectivity index (χ0v) is 14.8. The van der Waals surface area contributed by atoms with Crippen molar-refractivity contribution in [2.24, 2.45) is 10.7 Å². The minimum Gasteiger partial charge on any atom is -0.495 e. The normalized spacial score (nSPS) is 13.0. The third-order valence-electron chi connectivity index (χ3n) is 3.00. The molecule has 0 saturated carbocycles. The maximum absolute atomic E-state index is 11.9. The molecule has 0 amide bonds. The summed E-state index contributed by atoms with van der Waals surface area (Å²) in [4.78, 5) is 4.02. The van der Waals surface area contributed by atoms with Gasteiger partial charge in [0.05, 0.1) is 29.2 Å². The Labute approximate surface area is 136 Å². The monoisotopic (exact) mass is 347 g/mol. The fraction of sp³-hybridized carbons (Fsp3) is 0.500. The molecule has 0 bridgehead atoms. The zero-order valence-electron chi connectivity index (χ0n) is 13.2. The first-order valence-corrected chi connectivity index (χ1v) is 8.72. The summed E-state index contributed by atoms with van der Waals surface area (Å²) in [5.74, 6) is 0.631. The summed E-state index contributed by atoms with van der Waals surface area (Å²) in [6.07, 6.45) is 0. The number of hydrogen-bond donors (Lipinski definition) is 2. The van der Waals surface area contributed by atoms with Crippen LogP contribution in [0.25, 0.3) is 0 Å². The van der Waals surface area contributed by atoms with Crippen molar-refractivity contribution in [3.8, 4) is 5.75 Å². The number of nitrogens with zero attached hydrogens (tertiary/aromatic N) is 1. The highest BCUT2D eigenvalue weighted by Gasteiger charge is 2.28. The van der Waals surface area contributed by atoms with E-state index in [-0.39, 0.29) is 18.3 Å². The molecule has 0 heterocycles. The maximum Gasteiger partial charge on any atom is 0.193 e. The van der Waals surface area contributed by atoms with E-state index < -0.39 is 14.6 Å². The molecule has 6 nitrogen and oxygen atoms in total. The number of nitrogens with one attached hydrogen (secondary N) is 1. The van der Waals surface area contributed by atoms with Crippen molar-refractivity contribution in [1.29, 1.82) is 0 Å². The Balaban J connectivity index is 2.66. The molecule has 0 atom stereocenters. The van der Waals surface area contributed by atoms with E-state index >= 15 is 0 Å². The van der Waals surface area contributed by atoms with E-state index in [0.29, 0.717) is 16.5 Å². The largest absolute Gasteiger partial charge is 0.495 e. The van der Waals surface area contributed by atoms with Gasteiger partial charge < -0.3 is 15.8 Å².